The Hall–Kier alpha value is -2.27. The van der Waals surface area contributed by atoms with Crippen LogP contribution in [0.2, 0.25) is 0 Å². The van der Waals surface area contributed by atoms with Gasteiger partial charge in [0.15, 0.2) is 0 Å². The van der Waals surface area contributed by atoms with E-state index in [9.17, 15) is 10.1 Å². The molecule has 1 aromatic heterocycles. The molecule has 5 nitrogen and oxygen atoms in total. The molecule has 0 radical (unpaired) electrons. The highest BCUT2D eigenvalue weighted by atomic mass is 16.6. The van der Waals surface area contributed by atoms with Crippen LogP contribution in [0.15, 0.2) is 48.8 Å². The van der Waals surface area contributed by atoms with Gasteiger partial charge in [-0.25, -0.2) is 0 Å². The summed E-state index contributed by atoms with van der Waals surface area (Å²) in [6, 6.07) is 10.9. The molecular formula is C15H17N3O2. The standard InChI is InChI=1S/C15H17N3O2/c1-12(14-3-2-9-16-11-14)17-10-8-13-4-6-15(7-5-13)18(19)20/h2-7,9,11-12,17H,8,10H2,1H3. The van der Waals surface area contributed by atoms with E-state index in [1.807, 2.05) is 18.3 Å². The van der Waals surface area contributed by atoms with Gasteiger partial charge in [0, 0.05) is 30.6 Å². The Labute approximate surface area is 117 Å². The molecule has 1 aromatic carbocycles. The normalized spacial score (nSPS) is 12.1. The zero-order valence-corrected chi connectivity index (χ0v) is 11.3. The fourth-order valence-electron chi connectivity index (χ4n) is 1.97. The number of nitrogens with one attached hydrogen (secondary N) is 1. The van der Waals surface area contributed by atoms with Crippen LogP contribution in [0.25, 0.3) is 0 Å². The summed E-state index contributed by atoms with van der Waals surface area (Å²) in [7, 11) is 0. The van der Waals surface area contributed by atoms with E-state index >= 15 is 0 Å². The molecule has 0 bridgehead atoms. The van der Waals surface area contributed by atoms with E-state index in [4.69, 9.17) is 0 Å². The number of hydrogen-bond acceptors (Lipinski definition) is 4. The number of nitro benzene ring substituents is 1. The maximum atomic E-state index is 10.6. The van der Waals surface area contributed by atoms with Crippen molar-refractivity contribution >= 4 is 5.69 Å². The summed E-state index contributed by atoms with van der Waals surface area (Å²) in [6.07, 6.45) is 4.44. The van der Waals surface area contributed by atoms with Gasteiger partial charge in [0.1, 0.15) is 0 Å². The SMILES string of the molecule is CC(NCCc1ccc([N+](=O)[O-])cc1)c1cccnc1. The van der Waals surface area contributed by atoms with Gasteiger partial charge in [-0.2, -0.15) is 0 Å². The lowest BCUT2D eigenvalue weighted by molar-refractivity contribution is -0.384. The van der Waals surface area contributed by atoms with Crippen molar-refractivity contribution in [2.24, 2.45) is 0 Å². The maximum Gasteiger partial charge on any atom is 0.269 e. The fourth-order valence-corrected chi connectivity index (χ4v) is 1.97. The van der Waals surface area contributed by atoms with Gasteiger partial charge in [-0.05, 0) is 37.1 Å². The first-order chi connectivity index (χ1) is 9.66. The molecule has 1 atom stereocenters. The van der Waals surface area contributed by atoms with E-state index in [2.05, 4.69) is 17.2 Å². The minimum absolute atomic E-state index is 0.130. The minimum Gasteiger partial charge on any atom is -0.310 e. The van der Waals surface area contributed by atoms with Crippen LogP contribution in [0.5, 0.6) is 0 Å². The largest absolute Gasteiger partial charge is 0.310 e. The van der Waals surface area contributed by atoms with E-state index in [0.717, 1.165) is 24.1 Å². The fraction of sp³-hybridized carbons (Fsp3) is 0.267. The second kappa shape index (κ2) is 6.77. The van der Waals surface area contributed by atoms with Crippen LogP contribution in [-0.4, -0.2) is 16.5 Å². The number of non-ortho nitro benzene ring substituents is 1. The average molecular weight is 271 g/mol. The van der Waals surface area contributed by atoms with E-state index in [0.29, 0.717) is 0 Å². The molecule has 5 heteroatoms. The second-order valence-electron chi connectivity index (χ2n) is 4.64. The third-order valence-electron chi connectivity index (χ3n) is 3.20. The van der Waals surface area contributed by atoms with Crippen LogP contribution in [0, 0.1) is 10.1 Å². The van der Waals surface area contributed by atoms with E-state index < -0.39 is 0 Å². The van der Waals surface area contributed by atoms with Crippen molar-refractivity contribution in [1.82, 2.24) is 10.3 Å². The predicted octanol–water partition coefficient (Wildman–Crippen LogP) is 2.88. The number of rotatable bonds is 6. The zero-order valence-electron chi connectivity index (χ0n) is 11.3. The first kappa shape index (κ1) is 14.1. The van der Waals surface area contributed by atoms with Crippen molar-refractivity contribution in [3.05, 3.63) is 70.0 Å². The molecule has 2 rings (SSSR count). The Balaban J connectivity index is 1.82. The molecule has 20 heavy (non-hydrogen) atoms. The lowest BCUT2D eigenvalue weighted by atomic mass is 10.1. The van der Waals surface area contributed by atoms with Gasteiger partial charge >= 0.3 is 0 Å². The summed E-state index contributed by atoms with van der Waals surface area (Å²) in [5.74, 6) is 0. The zero-order chi connectivity index (χ0) is 14.4. The third kappa shape index (κ3) is 3.86. The van der Waals surface area contributed by atoms with Gasteiger partial charge in [-0.1, -0.05) is 18.2 Å². The molecule has 2 aromatic rings. The molecule has 0 aliphatic heterocycles. The highest BCUT2D eigenvalue weighted by Gasteiger charge is 2.06. The Bertz CT molecular complexity index is 555. The Morgan fingerprint density at radius 3 is 2.65 bits per heavy atom. The lowest BCUT2D eigenvalue weighted by Crippen LogP contribution is -2.21. The molecule has 1 unspecified atom stereocenters. The van der Waals surface area contributed by atoms with Crippen molar-refractivity contribution in [3.8, 4) is 0 Å². The van der Waals surface area contributed by atoms with Gasteiger partial charge in [-0.15, -0.1) is 0 Å². The molecular weight excluding hydrogens is 254 g/mol. The van der Waals surface area contributed by atoms with Crippen LogP contribution in [-0.2, 0) is 6.42 Å². The summed E-state index contributed by atoms with van der Waals surface area (Å²) < 4.78 is 0. The molecule has 1 N–H and O–H groups in total. The Kier molecular flexibility index (Phi) is 4.79. The summed E-state index contributed by atoms with van der Waals surface area (Å²) in [5, 5.41) is 14.0. The van der Waals surface area contributed by atoms with Crippen LogP contribution >= 0.6 is 0 Å². The highest BCUT2D eigenvalue weighted by Crippen LogP contribution is 2.13. The molecule has 104 valence electrons. The van der Waals surface area contributed by atoms with Crippen molar-refractivity contribution in [2.45, 2.75) is 19.4 Å². The van der Waals surface area contributed by atoms with Crippen LogP contribution < -0.4 is 5.32 Å². The van der Waals surface area contributed by atoms with E-state index in [-0.39, 0.29) is 16.7 Å². The molecule has 0 saturated heterocycles. The molecule has 0 aliphatic rings. The topological polar surface area (TPSA) is 68.1 Å². The minimum atomic E-state index is -0.382. The van der Waals surface area contributed by atoms with Crippen molar-refractivity contribution in [3.63, 3.8) is 0 Å². The van der Waals surface area contributed by atoms with Crippen LogP contribution in [0.3, 0.4) is 0 Å². The first-order valence-corrected chi connectivity index (χ1v) is 6.53. The van der Waals surface area contributed by atoms with Gasteiger partial charge < -0.3 is 5.32 Å². The maximum absolute atomic E-state index is 10.6. The van der Waals surface area contributed by atoms with Crippen molar-refractivity contribution < 1.29 is 4.92 Å². The van der Waals surface area contributed by atoms with Gasteiger partial charge in [0.2, 0.25) is 0 Å². The van der Waals surface area contributed by atoms with Gasteiger partial charge in [0.25, 0.3) is 5.69 Å². The van der Waals surface area contributed by atoms with Gasteiger partial charge in [0.05, 0.1) is 4.92 Å². The molecule has 0 aliphatic carbocycles. The van der Waals surface area contributed by atoms with E-state index in [1.54, 1.807) is 30.5 Å². The Morgan fingerprint density at radius 2 is 2.05 bits per heavy atom. The smallest absolute Gasteiger partial charge is 0.269 e. The molecule has 0 amide bonds. The number of aromatic nitrogens is 1. The summed E-state index contributed by atoms with van der Waals surface area (Å²) >= 11 is 0. The number of hydrogen-bond donors (Lipinski definition) is 1. The molecule has 0 spiro atoms. The number of nitro groups is 1. The number of benzene rings is 1. The Morgan fingerprint density at radius 1 is 1.30 bits per heavy atom. The molecule has 0 saturated carbocycles. The van der Waals surface area contributed by atoms with Crippen molar-refractivity contribution in [1.29, 1.82) is 0 Å². The number of pyridine rings is 1. The first-order valence-electron chi connectivity index (χ1n) is 6.53. The molecule has 1 heterocycles. The number of nitrogens with zero attached hydrogens (tertiary/aromatic N) is 2. The van der Waals surface area contributed by atoms with Gasteiger partial charge in [-0.3, -0.25) is 15.1 Å². The summed E-state index contributed by atoms with van der Waals surface area (Å²) in [5.41, 5.74) is 2.36. The average Bonchev–Trinajstić information content (AvgIpc) is 2.48. The predicted molar refractivity (Wildman–Crippen MR) is 77.5 cm³/mol. The quantitative estimate of drug-likeness (QED) is 0.648. The van der Waals surface area contributed by atoms with Crippen LogP contribution in [0.1, 0.15) is 24.1 Å². The van der Waals surface area contributed by atoms with Crippen LogP contribution in [0.4, 0.5) is 5.69 Å². The lowest BCUT2D eigenvalue weighted by Gasteiger charge is -2.13. The monoisotopic (exact) mass is 271 g/mol. The highest BCUT2D eigenvalue weighted by molar-refractivity contribution is 5.32. The summed E-state index contributed by atoms with van der Waals surface area (Å²) in [6.45, 7) is 2.90. The summed E-state index contributed by atoms with van der Waals surface area (Å²) in [4.78, 5) is 14.3. The van der Waals surface area contributed by atoms with Crippen molar-refractivity contribution in [2.75, 3.05) is 6.54 Å². The molecule has 0 fully saturated rings. The third-order valence-corrected chi connectivity index (χ3v) is 3.20. The second-order valence-corrected chi connectivity index (χ2v) is 4.64. The van der Waals surface area contributed by atoms with E-state index in [1.165, 1.54) is 0 Å².